The van der Waals surface area contributed by atoms with Crippen molar-refractivity contribution in [3.05, 3.63) is 23.5 Å². The van der Waals surface area contributed by atoms with Crippen LogP contribution in [0, 0.1) is 13.8 Å². The fourth-order valence-electron chi connectivity index (χ4n) is 1.75. The number of hydrogen-bond donors (Lipinski definition) is 0. The van der Waals surface area contributed by atoms with Gasteiger partial charge in [-0.1, -0.05) is 0 Å². The maximum Gasteiger partial charge on any atom is 0.268 e. The Kier molecular flexibility index (Phi) is 3.52. The minimum absolute atomic E-state index is 0.0556. The van der Waals surface area contributed by atoms with E-state index in [1.165, 1.54) is 12.2 Å². The van der Waals surface area contributed by atoms with Crippen molar-refractivity contribution in [1.82, 2.24) is 9.63 Å². The third-order valence-corrected chi connectivity index (χ3v) is 2.65. The summed E-state index contributed by atoms with van der Waals surface area (Å²) in [5.41, 5.74) is 2.16. The van der Waals surface area contributed by atoms with Gasteiger partial charge in [0.05, 0.1) is 7.11 Å². The first-order valence-electron chi connectivity index (χ1n) is 4.95. The molecule has 15 heavy (non-hydrogen) atoms. The highest BCUT2D eigenvalue weighted by atomic mass is 16.7. The molecule has 1 atom stereocenters. The van der Waals surface area contributed by atoms with Gasteiger partial charge in [0.2, 0.25) is 0 Å². The third-order valence-electron chi connectivity index (χ3n) is 2.65. The first-order chi connectivity index (χ1) is 6.99. The van der Waals surface area contributed by atoms with Gasteiger partial charge >= 0.3 is 0 Å². The third kappa shape index (κ3) is 2.21. The molecule has 0 bridgehead atoms. The number of hydroxylamine groups is 2. The lowest BCUT2D eigenvalue weighted by Crippen LogP contribution is -2.32. The summed E-state index contributed by atoms with van der Waals surface area (Å²) in [7, 11) is 3.10. The molecule has 4 nitrogen and oxygen atoms in total. The van der Waals surface area contributed by atoms with E-state index in [-0.39, 0.29) is 11.9 Å². The van der Waals surface area contributed by atoms with E-state index in [1.807, 2.05) is 37.5 Å². The van der Waals surface area contributed by atoms with Gasteiger partial charge in [0.1, 0.15) is 6.04 Å². The van der Waals surface area contributed by atoms with Gasteiger partial charge in [-0.25, -0.2) is 5.06 Å². The molecule has 0 spiro atoms. The summed E-state index contributed by atoms with van der Waals surface area (Å²) in [6, 6.07) is 3.78. The number of rotatable bonds is 3. The Bertz CT molecular complexity index is 338. The topological polar surface area (TPSA) is 34.5 Å². The average molecular weight is 210 g/mol. The van der Waals surface area contributed by atoms with E-state index in [4.69, 9.17) is 4.84 Å². The second kappa shape index (κ2) is 4.49. The maximum absolute atomic E-state index is 11.9. The SMILES string of the molecule is CON(C)C(=O)[C@H](C)n1c(C)ccc1C. The molecule has 1 aromatic rings. The number of aromatic nitrogens is 1. The highest BCUT2D eigenvalue weighted by Crippen LogP contribution is 2.17. The van der Waals surface area contributed by atoms with Crippen LogP contribution in [0.3, 0.4) is 0 Å². The smallest absolute Gasteiger partial charge is 0.268 e. The molecule has 0 aliphatic heterocycles. The van der Waals surface area contributed by atoms with E-state index < -0.39 is 0 Å². The van der Waals surface area contributed by atoms with Gasteiger partial charge in [-0.2, -0.15) is 0 Å². The van der Waals surface area contributed by atoms with E-state index in [2.05, 4.69) is 0 Å². The molecule has 0 saturated heterocycles. The standard InChI is InChI=1S/C11H18N2O2/c1-8-6-7-9(2)13(8)10(3)11(14)12(4)15-5/h6-7,10H,1-5H3/t10-/m0/s1. The van der Waals surface area contributed by atoms with Gasteiger partial charge in [0.15, 0.2) is 0 Å². The Morgan fingerprint density at radius 3 is 2.27 bits per heavy atom. The monoisotopic (exact) mass is 210 g/mol. The number of hydrogen-bond acceptors (Lipinski definition) is 2. The molecule has 1 amide bonds. The molecular formula is C11H18N2O2. The minimum Gasteiger partial charge on any atom is -0.337 e. The Labute approximate surface area is 90.4 Å². The van der Waals surface area contributed by atoms with Crippen molar-refractivity contribution in [2.45, 2.75) is 26.8 Å². The quantitative estimate of drug-likeness (QED) is 0.711. The van der Waals surface area contributed by atoms with Crippen LogP contribution in [0.5, 0.6) is 0 Å². The second-order valence-corrected chi connectivity index (χ2v) is 3.68. The number of likely N-dealkylation sites (N-methyl/N-ethyl adjacent to an activating group) is 1. The van der Waals surface area contributed by atoms with Crippen LogP contribution < -0.4 is 0 Å². The van der Waals surface area contributed by atoms with Crippen LogP contribution in [0.2, 0.25) is 0 Å². The van der Waals surface area contributed by atoms with E-state index in [9.17, 15) is 4.79 Å². The zero-order valence-electron chi connectivity index (χ0n) is 9.94. The molecule has 1 aromatic heterocycles. The van der Waals surface area contributed by atoms with E-state index >= 15 is 0 Å². The van der Waals surface area contributed by atoms with E-state index in [0.717, 1.165) is 11.4 Å². The van der Waals surface area contributed by atoms with Crippen molar-refractivity contribution >= 4 is 5.91 Å². The van der Waals surface area contributed by atoms with Crippen molar-refractivity contribution in [2.75, 3.05) is 14.2 Å². The summed E-state index contributed by atoms with van der Waals surface area (Å²) < 4.78 is 2.00. The summed E-state index contributed by atoms with van der Waals surface area (Å²) in [6.07, 6.45) is 0. The Balaban J connectivity index is 2.94. The fourth-order valence-corrected chi connectivity index (χ4v) is 1.75. The van der Waals surface area contributed by atoms with Crippen LogP contribution in [0.25, 0.3) is 0 Å². The largest absolute Gasteiger partial charge is 0.337 e. The molecule has 1 rings (SSSR count). The average Bonchev–Trinajstić information content (AvgIpc) is 2.55. The van der Waals surface area contributed by atoms with Gasteiger partial charge in [-0.05, 0) is 32.9 Å². The lowest BCUT2D eigenvalue weighted by molar-refractivity contribution is -0.172. The van der Waals surface area contributed by atoms with Crippen LogP contribution in [-0.2, 0) is 9.63 Å². The molecule has 4 heteroatoms. The summed E-state index contributed by atoms with van der Waals surface area (Å²) in [5, 5.41) is 1.25. The van der Waals surface area contributed by atoms with Gasteiger partial charge < -0.3 is 4.57 Å². The summed E-state index contributed by atoms with van der Waals surface area (Å²) >= 11 is 0. The highest BCUT2D eigenvalue weighted by Gasteiger charge is 2.20. The summed E-state index contributed by atoms with van der Waals surface area (Å²) in [5.74, 6) is -0.0556. The molecule has 0 N–H and O–H groups in total. The van der Waals surface area contributed by atoms with Gasteiger partial charge in [-0.3, -0.25) is 9.63 Å². The first kappa shape index (κ1) is 11.8. The van der Waals surface area contributed by atoms with Gasteiger partial charge in [0.25, 0.3) is 5.91 Å². The molecule has 1 heterocycles. The molecule has 0 saturated carbocycles. The van der Waals surface area contributed by atoms with Crippen molar-refractivity contribution in [2.24, 2.45) is 0 Å². The normalized spacial score (nSPS) is 12.6. The zero-order valence-corrected chi connectivity index (χ0v) is 9.94. The molecule has 0 fully saturated rings. The van der Waals surface area contributed by atoms with Crippen molar-refractivity contribution < 1.29 is 9.63 Å². The maximum atomic E-state index is 11.9. The molecule has 0 aliphatic rings. The van der Waals surface area contributed by atoms with Crippen molar-refractivity contribution in [1.29, 1.82) is 0 Å². The van der Waals surface area contributed by atoms with Gasteiger partial charge in [-0.15, -0.1) is 0 Å². The lowest BCUT2D eigenvalue weighted by atomic mass is 10.3. The van der Waals surface area contributed by atoms with Gasteiger partial charge in [0, 0.05) is 18.4 Å². The number of nitrogens with zero attached hydrogens (tertiary/aromatic N) is 2. The first-order valence-corrected chi connectivity index (χ1v) is 4.95. The second-order valence-electron chi connectivity index (χ2n) is 3.68. The van der Waals surface area contributed by atoms with E-state index in [1.54, 1.807) is 7.05 Å². The lowest BCUT2D eigenvalue weighted by Gasteiger charge is -2.22. The zero-order chi connectivity index (χ0) is 11.6. The van der Waals surface area contributed by atoms with Crippen LogP contribution in [0.4, 0.5) is 0 Å². The number of aryl methyl sites for hydroxylation is 2. The predicted octanol–water partition coefficient (Wildman–Crippen LogP) is 1.69. The fraction of sp³-hybridized carbons (Fsp3) is 0.545. The molecule has 84 valence electrons. The molecule has 0 radical (unpaired) electrons. The molecule has 0 unspecified atom stereocenters. The predicted molar refractivity (Wildman–Crippen MR) is 58.4 cm³/mol. The Morgan fingerprint density at radius 2 is 1.87 bits per heavy atom. The minimum atomic E-state index is -0.232. The van der Waals surface area contributed by atoms with E-state index in [0.29, 0.717) is 0 Å². The Morgan fingerprint density at radius 1 is 1.40 bits per heavy atom. The van der Waals surface area contributed by atoms with Crippen LogP contribution in [-0.4, -0.2) is 29.7 Å². The number of carbonyl (C=O) groups excluding carboxylic acids is 1. The van der Waals surface area contributed by atoms with Crippen molar-refractivity contribution in [3.8, 4) is 0 Å². The molecular weight excluding hydrogens is 192 g/mol. The van der Waals surface area contributed by atoms with Crippen LogP contribution in [0.1, 0.15) is 24.4 Å². The van der Waals surface area contributed by atoms with Crippen LogP contribution >= 0.6 is 0 Å². The molecule has 0 aromatic carbocycles. The highest BCUT2D eigenvalue weighted by molar-refractivity contribution is 5.79. The Hall–Kier alpha value is -1.29. The summed E-state index contributed by atoms with van der Waals surface area (Å²) in [6.45, 7) is 5.85. The van der Waals surface area contributed by atoms with Crippen molar-refractivity contribution in [3.63, 3.8) is 0 Å². The van der Waals surface area contributed by atoms with Crippen LogP contribution in [0.15, 0.2) is 12.1 Å². The summed E-state index contributed by atoms with van der Waals surface area (Å²) in [4.78, 5) is 16.7. The number of amides is 1. The number of carbonyl (C=O) groups is 1. The molecule has 0 aliphatic carbocycles.